The van der Waals surface area contributed by atoms with Crippen LogP contribution in [-0.4, -0.2) is 12.0 Å². The highest BCUT2D eigenvalue weighted by molar-refractivity contribution is 5.61. The quantitative estimate of drug-likeness (QED) is 0.713. The molecule has 1 aromatic heterocycles. The molecule has 0 bridgehead atoms. The minimum atomic E-state index is 1.14. The van der Waals surface area contributed by atoms with Gasteiger partial charge in [0.1, 0.15) is 0 Å². The van der Waals surface area contributed by atoms with E-state index in [0.717, 1.165) is 5.69 Å². The molecule has 0 saturated heterocycles. The molecule has 0 aliphatic carbocycles. The summed E-state index contributed by atoms with van der Waals surface area (Å²) in [4.78, 5) is 6.12. The maximum atomic E-state index is 3.99. The van der Waals surface area contributed by atoms with Gasteiger partial charge in [-0.05, 0) is 24.3 Å². The number of benzene rings is 1. The first kappa shape index (κ1) is 8.75. The summed E-state index contributed by atoms with van der Waals surface area (Å²) in [5.41, 5.74) is 2.32. The van der Waals surface area contributed by atoms with Gasteiger partial charge in [-0.1, -0.05) is 18.2 Å². The molecule has 0 N–H and O–H groups in total. The minimum absolute atomic E-state index is 1.14. The number of nitrogens with zero attached hydrogens (tertiary/aromatic N) is 2. The van der Waals surface area contributed by atoms with E-state index in [-0.39, 0.29) is 0 Å². The molecular formula is C12H12N2. The zero-order chi connectivity index (χ0) is 9.80. The van der Waals surface area contributed by atoms with Crippen molar-refractivity contribution in [1.29, 1.82) is 0 Å². The molecule has 0 fully saturated rings. The smallest absolute Gasteiger partial charge is 0.0438 e. The van der Waals surface area contributed by atoms with Crippen LogP contribution in [0.25, 0.3) is 0 Å². The molecule has 0 aliphatic heterocycles. The van der Waals surface area contributed by atoms with Gasteiger partial charge in [0.15, 0.2) is 0 Å². The second kappa shape index (κ2) is 3.92. The molecule has 2 rings (SSSR count). The van der Waals surface area contributed by atoms with Crippen LogP contribution in [0.2, 0.25) is 0 Å². The van der Waals surface area contributed by atoms with Crippen molar-refractivity contribution in [2.45, 2.75) is 0 Å². The second-order valence-electron chi connectivity index (χ2n) is 3.10. The van der Waals surface area contributed by atoms with Gasteiger partial charge in [-0.15, -0.1) is 0 Å². The Morgan fingerprint density at radius 2 is 1.43 bits per heavy atom. The lowest BCUT2D eigenvalue weighted by Crippen LogP contribution is -2.08. The Labute approximate surface area is 83.8 Å². The SMILES string of the molecule is CN(c1ccccc1)c1ccncc1. The monoisotopic (exact) mass is 184 g/mol. The Morgan fingerprint density at radius 1 is 0.857 bits per heavy atom. The lowest BCUT2D eigenvalue weighted by atomic mass is 10.2. The van der Waals surface area contributed by atoms with Gasteiger partial charge >= 0.3 is 0 Å². The number of hydrogen-bond donors (Lipinski definition) is 0. The Balaban J connectivity index is 2.30. The van der Waals surface area contributed by atoms with Gasteiger partial charge in [0.25, 0.3) is 0 Å². The van der Waals surface area contributed by atoms with Crippen LogP contribution in [0.4, 0.5) is 11.4 Å². The van der Waals surface area contributed by atoms with Crippen molar-refractivity contribution in [2.24, 2.45) is 0 Å². The molecule has 0 atom stereocenters. The number of aromatic nitrogens is 1. The molecule has 70 valence electrons. The standard InChI is InChI=1S/C12H12N2/c1-14(11-5-3-2-4-6-11)12-7-9-13-10-8-12/h2-10H,1H3. The summed E-state index contributed by atoms with van der Waals surface area (Å²) in [5, 5.41) is 0. The molecule has 0 spiro atoms. The lowest BCUT2D eigenvalue weighted by Gasteiger charge is -2.18. The molecule has 0 amide bonds. The minimum Gasteiger partial charge on any atom is -0.345 e. The Kier molecular flexibility index (Phi) is 2.45. The number of rotatable bonds is 2. The zero-order valence-corrected chi connectivity index (χ0v) is 8.09. The Bertz CT molecular complexity index is 344. The lowest BCUT2D eigenvalue weighted by molar-refractivity contribution is 1.19. The molecule has 0 aliphatic rings. The van der Waals surface area contributed by atoms with E-state index >= 15 is 0 Å². The van der Waals surface area contributed by atoms with Crippen molar-refractivity contribution in [3.05, 3.63) is 54.9 Å². The van der Waals surface area contributed by atoms with Gasteiger partial charge in [0.2, 0.25) is 0 Å². The van der Waals surface area contributed by atoms with Crippen LogP contribution in [0.1, 0.15) is 0 Å². The van der Waals surface area contributed by atoms with Crippen LogP contribution in [0.15, 0.2) is 54.9 Å². The molecule has 2 aromatic rings. The highest BCUT2D eigenvalue weighted by Crippen LogP contribution is 2.21. The zero-order valence-electron chi connectivity index (χ0n) is 8.09. The van der Waals surface area contributed by atoms with Crippen LogP contribution >= 0.6 is 0 Å². The first-order valence-corrected chi connectivity index (χ1v) is 4.57. The van der Waals surface area contributed by atoms with E-state index in [2.05, 4.69) is 22.0 Å². The maximum absolute atomic E-state index is 3.99. The summed E-state index contributed by atoms with van der Waals surface area (Å²) in [6.07, 6.45) is 3.60. The molecule has 0 radical (unpaired) electrons. The van der Waals surface area contributed by atoms with E-state index in [1.807, 2.05) is 37.4 Å². The van der Waals surface area contributed by atoms with Gasteiger partial charge in [0, 0.05) is 30.8 Å². The Morgan fingerprint density at radius 3 is 2.07 bits per heavy atom. The van der Waals surface area contributed by atoms with Crippen molar-refractivity contribution in [1.82, 2.24) is 4.98 Å². The third kappa shape index (κ3) is 1.74. The van der Waals surface area contributed by atoms with Gasteiger partial charge in [-0.25, -0.2) is 0 Å². The van der Waals surface area contributed by atoms with Crippen molar-refractivity contribution in [2.75, 3.05) is 11.9 Å². The van der Waals surface area contributed by atoms with Crippen LogP contribution in [-0.2, 0) is 0 Å². The van der Waals surface area contributed by atoms with Crippen molar-refractivity contribution in [3.63, 3.8) is 0 Å². The van der Waals surface area contributed by atoms with E-state index in [4.69, 9.17) is 0 Å². The summed E-state index contributed by atoms with van der Waals surface area (Å²) in [5.74, 6) is 0. The first-order chi connectivity index (χ1) is 6.88. The summed E-state index contributed by atoms with van der Waals surface area (Å²) >= 11 is 0. The summed E-state index contributed by atoms with van der Waals surface area (Å²) in [6.45, 7) is 0. The van der Waals surface area contributed by atoms with Crippen LogP contribution < -0.4 is 4.90 Å². The third-order valence-corrected chi connectivity index (χ3v) is 2.19. The molecule has 0 unspecified atom stereocenters. The highest BCUT2D eigenvalue weighted by atomic mass is 15.1. The van der Waals surface area contributed by atoms with E-state index < -0.39 is 0 Å². The highest BCUT2D eigenvalue weighted by Gasteiger charge is 2.00. The normalized spacial score (nSPS) is 9.79. The molecular weight excluding hydrogens is 172 g/mol. The van der Waals surface area contributed by atoms with Crippen molar-refractivity contribution < 1.29 is 0 Å². The number of para-hydroxylation sites is 1. The molecule has 2 heteroatoms. The number of hydrogen-bond acceptors (Lipinski definition) is 2. The first-order valence-electron chi connectivity index (χ1n) is 4.57. The van der Waals surface area contributed by atoms with Crippen LogP contribution in [0.3, 0.4) is 0 Å². The van der Waals surface area contributed by atoms with Gasteiger partial charge in [0.05, 0.1) is 0 Å². The molecule has 1 aromatic carbocycles. The van der Waals surface area contributed by atoms with E-state index in [1.54, 1.807) is 12.4 Å². The Hall–Kier alpha value is -1.83. The van der Waals surface area contributed by atoms with Crippen molar-refractivity contribution >= 4 is 11.4 Å². The average Bonchev–Trinajstić information content (AvgIpc) is 2.30. The van der Waals surface area contributed by atoms with E-state index in [1.165, 1.54) is 5.69 Å². The fourth-order valence-corrected chi connectivity index (χ4v) is 1.37. The predicted octanol–water partition coefficient (Wildman–Crippen LogP) is 2.85. The van der Waals surface area contributed by atoms with Crippen molar-refractivity contribution in [3.8, 4) is 0 Å². The topological polar surface area (TPSA) is 16.1 Å². The molecule has 0 saturated carbocycles. The van der Waals surface area contributed by atoms with Crippen LogP contribution in [0.5, 0.6) is 0 Å². The summed E-state index contributed by atoms with van der Waals surface area (Å²) in [6, 6.07) is 14.2. The summed E-state index contributed by atoms with van der Waals surface area (Å²) < 4.78 is 0. The molecule has 1 heterocycles. The fraction of sp³-hybridized carbons (Fsp3) is 0.0833. The second-order valence-corrected chi connectivity index (χ2v) is 3.10. The third-order valence-electron chi connectivity index (χ3n) is 2.19. The number of anilines is 2. The van der Waals surface area contributed by atoms with Crippen LogP contribution in [0, 0.1) is 0 Å². The number of pyridine rings is 1. The molecule has 2 nitrogen and oxygen atoms in total. The van der Waals surface area contributed by atoms with Gasteiger partial charge in [-0.3, -0.25) is 4.98 Å². The molecule has 14 heavy (non-hydrogen) atoms. The van der Waals surface area contributed by atoms with E-state index in [9.17, 15) is 0 Å². The van der Waals surface area contributed by atoms with E-state index in [0.29, 0.717) is 0 Å². The maximum Gasteiger partial charge on any atom is 0.0438 e. The van der Waals surface area contributed by atoms with Gasteiger partial charge in [-0.2, -0.15) is 0 Å². The van der Waals surface area contributed by atoms with Gasteiger partial charge < -0.3 is 4.90 Å². The fourth-order valence-electron chi connectivity index (χ4n) is 1.37. The largest absolute Gasteiger partial charge is 0.345 e. The summed E-state index contributed by atoms with van der Waals surface area (Å²) in [7, 11) is 2.05. The predicted molar refractivity (Wildman–Crippen MR) is 58.7 cm³/mol. The average molecular weight is 184 g/mol.